The van der Waals surface area contributed by atoms with Crippen molar-refractivity contribution in [3.05, 3.63) is 53.6 Å². The van der Waals surface area contributed by atoms with E-state index in [9.17, 15) is 5.11 Å². The molecule has 0 saturated heterocycles. The van der Waals surface area contributed by atoms with E-state index in [0.29, 0.717) is 5.75 Å². The predicted molar refractivity (Wildman–Crippen MR) is 109 cm³/mol. The Morgan fingerprint density at radius 1 is 0.680 bits per heavy atom. The van der Waals surface area contributed by atoms with Crippen molar-refractivity contribution in [1.82, 2.24) is 0 Å². The molecule has 0 spiro atoms. The molecule has 25 heavy (non-hydrogen) atoms. The van der Waals surface area contributed by atoms with E-state index in [1.165, 1.54) is 62.5 Å². The summed E-state index contributed by atoms with van der Waals surface area (Å²) in [5.74, 6) is 0.425. The fraction of sp³-hybridized carbons (Fsp3) is 0.500. The van der Waals surface area contributed by atoms with E-state index >= 15 is 0 Å². The fourth-order valence-corrected chi connectivity index (χ4v) is 3.60. The van der Waals surface area contributed by atoms with Crippen LogP contribution < -0.4 is 0 Å². The summed E-state index contributed by atoms with van der Waals surface area (Å²) >= 11 is 0. The van der Waals surface area contributed by atoms with Gasteiger partial charge in [0.05, 0.1) is 0 Å². The molecule has 0 saturated carbocycles. The normalized spacial score (nSPS) is 11.0. The van der Waals surface area contributed by atoms with Crippen LogP contribution in [0, 0.1) is 0 Å². The van der Waals surface area contributed by atoms with Gasteiger partial charge in [0.1, 0.15) is 5.75 Å². The highest BCUT2D eigenvalue weighted by Gasteiger charge is 2.14. The van der Waals surface area contributed by atoms with Crippen LogP contribution in [0.1, 0.15) is 76.3 Å². The lowest BCUT2D eigenvalue weighted by Gasteiger charge is -2.17. The molecule has 2 aromatic rings. The first-order valence-electron chi connectivity index (χ1n) is 10.2. The lowest BCUT2D eigenvalue weighted by Crippen LogP contribution is -1.99. The van der Waals surface area contributed by atoms with Gasteiger partial charge in [0.25, 0.3) is 0 Å². The molecular formula is C24H34O. The highest BCUT2D eigenvalue weighted by Crippen LogP contribution is 2.36. The van der Waals surface area contributed by atoms with E-state index in [-0.39, 0.29) is 0 Å². The Kier molecular flexibility index (Phi) is 8.59. The molecule has 2 rings (SSSR count). The highest BCUT2D eigenvalue weighted by atomic mass is 16.3. The first-order chi connectivity index (χ1) is 12.3. The Bertz CT molecular complexity index is 615. The number of phenols is 1. The lowest BCUT2D eigenvalue weighted by molar-refractivity contribution is 0.476. The Labute approximate surface area is 154 Å². The van der Waals surface area contributed by atoms with Crippen molar-refractivity contribution in [3.8, 4) is 16.9 Å². The largest absolute Gasteiger partial charge is 0.507 e. The fourth-order valence-electron chi connectivity index (χ4n) is 3.60. The molecule has 0 aliphatic carbocycles. The van der Waals surface area contributed by atoms with Gasteiger partial charge in [-0.15, -0.1) is 0 Å². The second-order valence-electron chi connectivity index (χ2n) is 7.08. The van der Waals surface area contributed by atoms with Crippen LogP contribution >= 0.6 is 0 Å². The number of rotatable bonds is 11. The van der Waals surface area contributed by atoms with E-state index in [2.05, 4.69) is 44.2 Å². The lowest BCUT2D eigenvalue weighted by atomic mass is 9.89. The molecule has 1 heteroatoms. The number of aromatic hydroxyl groups is 1. The summed E-state index contributed by atoms with van der Waals surface area (Å²) in [5.41, 5.74) is 5.00. The molecule has 0 radical (unpaired) electrons. The van der Waals surface area contributed by atoms with Gasteiger partial charge in [0.2, 0.25) is 0 Å². The minimum Gasteiger partial charge on any atom is -0.507 e. The quantitative estimate of drug-likeness (QED) is 0.426. The van der Waals surface area contributed by atoms with Crippen molar-refractivity contribution in [3.63, 3.8) is 0 Å². The molecule has 0 amide bonds. The van der Waals surface area contributed by atoms with Gasteiger partial charge in [-0.2, -0.15) is 0 Å². The summed E-state index contributed by atoms with van der Waals surface area (Å²) in [4.78, 5) is 0. The van der Waals surface area contributed by atoms with Crippen LogP contribution in [0.3, 0.4) is 0 Å². The number of hydrogen-bond donors (Lipinski definition) is 1. The Balaban J connectivity index is 2.26. The highest BCUT2D eigenvalue weighted by molar-refractivity contribution is 5.75. The van der Waals surface area contributed by atoms with Gasteiger partial charge in [0.15, 0.2) is 0 Å². The van der Waals surface area contributed by atoms with Gasteiger partial charge in [-0.05, 0) is 48.4 Å². The molecule has 0 fully saturated rings. The summed E-state index contributed by atoms with van der Waals surface area (Å²) in [6.07, 6.45) is 12.4. The van der Waals surface area contributed by atoms with Crippen molar-refractivity contribution >= 4 is 0 Å². The van der Waals surface area contributed by atoms with Crippen molar-refractivity contribution < 1.29 is 5.11 Å². The molecule has 1 nitrogen and oxygen atoms in total. The van der Waals surface area contributed by atoms with Gasteiger partial charge in [-0.3, -0.25) is 0 Å². The SMILES string of the molecule is CCCCCCCc1c(CCCCC)ccc(O)c1-c1ccccc1. The summed E-state index contributed by atoms with van der Waals surface area (Å²) < 4.78 is 0. The molecule has 1 N–H and O–H groups in total. The molecule has 0 atom stereocenters. The smallest absolute Gasteiger partial charge is 0.123 e. The first kappa shape index (κ1) is 19.6. The third-order valence-electron chi connectivity index (χ3n) is 5.03. The molecule has 2 aromatic carbocycles. The zero-order chi connectivity index (χ0) is 17.9. The van der Waals surface area contributed by atoms with Crippen LogP contribution in [0.4, 0.5) is 0 Å². The van der Waals surface area contributed by atoms with Gasteiger partial charge < -0.3 is 5.11 Å². The average Bonchev–Trinajstić information content (AvgIpc) is 2.64. The van der Waals surface area contributed by atoms with Gasteiger partial charge in [0, 0.05) is 5.56 Å². The van der Waals surface area contributed by atoms with Crippen molar-refractivity contribution in [1.29, 1.82) is 0 Å². The van der Waals surface area contributed by atoms with Gasteiger partial charge in [-0.25, -0.2) is 0 Å². The van der Waals surface area contributed by atoms with E-state index < -0.39 is 0 Å². The molecule has 136 valence electrons. The number of benzene rings is 2. The summed E-state index contributed by atoms with van der Waals surface area (Å²) in [5, 5.41) is 10.6. The molecule has 0 aliphatic rings. The molecule has 0 bridgehead atoms. The minimum atomic E-state index is 0.425. The van der Waals surface area contributed by atoms with Crippen LogP contribution in [-0.2, 0) is 12.8 Å². The monoisotopic (exact) mass is 338 g/mol. The molecule has 0 unspecified atom stereocenters. The standard InChI is InChI=1S/C24H34O/c1-3-5-7-8-13-17-22-20(14-10-6-4-2)18-19-23(25)24(22)21-15-11-9-12-16-21/h9,11-12,15-16,18-19,25H,3-8,10,13-14,17H2,1-2H3. The number of unbranched alkanes of at least 4 members (excludes halogenated alkanes) is 6. The van der Waals surface area contributed by atoms with Crippen molar-refractivity contribution in [2.75, 3.05) is 0 Å². The second-order valence-corrected chi connectivity index (χ2v) is 7.08. The molecule has 0 aromatic heterocycles. The van der Waals surface area contributed by atoms with E-state index in [4.69, 9.17) is 0 Å². The van der Waals surface area contributed by atoms with Gasteiger partial charge >= 0.3 is 0 Å². The maximum atomic E-state index is 10.6. The Hall–Kier alpha value is -1.76. The maximum absolute atomic E-state index is 10.6. The maximum Gasteiger partial charge on any atom is 0.123 e. The minimum absolute atomic E-state index is 0.425. The second kappa shape index (κ2) is 11.0. The average molecular weight is 339 g/mol. The topological polar surface area (TPSA) is 20.2 Å². The summed E-state index contributed by atoms with van der Waals surface area (Å²) in [6.45, 7) is 4.51. The zero-order valence-electron chi connectivity index (χ0n) is 16.1. The number of aryl methyl sites for hydroxylation is 1. The van der Waals surface area contributed by atoms with Crippen LogP contribution in [0.15, 0.2) is 42.5 Å². The third-order valence-corrected chi connectivity index (χ3v) is 5.03. The molecule has 0 aliphatic heterocycles. The number of hydrogen-bond acceptors (Lipinski definition) is 1. The number of phenolic OH excluding ortho intramolecular Hbond substituents is 1. The van der Waals surface area contributed by atoms with E-state index in [1.807, 2.05) is 12.1 Å². The van der Waals surface area contributed by atoms with Crippen LogP contribution in [0.2, 0.25) is 0 Å². The molecule has 0 heterocycles. The third kappa shape index (κ3) is 5.92. The van der Waals surface area contributed by atoms with Crippen molar-refractivity contribution in [2.45, 2.75) is 78.1 Å². The van der Waals surface area contributed by atoms with Crippen molar-refractivity contribution in [2.24, 2.45) is 0 Å². The van der Waals surface area contributed by atoms with Crippen LogP contribution in [0.25, 0.3) is 11.1 Å². The Morgan fingerprint density at radius 2 is 1.32 bits per heavy atom. The summed E-state index contributed by atoms with van der Waals surface area (Å²) in [7, 11) is 0. The first-order valence-corrected chi connectivity index (χ1v) is 10.2. The zero-order valence-corrected chi connectivity index (χ0v) is 16.1. The molecular weight excluding hydrogens is 304 g/mol. The summed E-state index contributed by atoms with van der Waals surface area (Å²) in [6, 6.07) is 14.4. The van der Waals surface area contributed by atoms with Gasteiger partial charge in [-0.1, -0.05) is 88.8 Å². The van der Waals surface area contributed by atoms with E-state index in [1.54, 1.807) is 0 Å². The van der Waals surface area contributed by atoms with Crippen LogP contribution in [0.5, 0.6) is 5.75 Å². The predicted octanol–water partition coefficient (Wildman–Crippen LogP) is 7.30. The van der Waals surface area contributed by atoms with E-state index in [0.717, 1.165) is 24.0 Å². The Morgan fingerprint density at radius 3 is 2.04 bits per heavy atom. The van der Waals surface area contributed by atoms with Crippen LogP contribution in [-0.4, -0.2) is 5.11 Å².